The van der Waals surface area contributed by atoms with Crippen molar-refractivity contribution in [3.63, 3.8) is 0 Å². The van der Waals surface area contributed by atoms with Crippen molar-refractivity contribution in [1.82, 2.24) is 14.9 Å². The fraction of sp³-hybridized carbons (Fsp3) is 0.348. The van der Waals surface area contributed by atoms with Crippen molar-refractivity contribution in [2.24, 2.45) is 0 Å². The molecule has 1 aromatic carbocycles. The van der Waals surface area contributed by atoms with Crippen molar-refractivity contribution in [1.29, 1.82) is 0 Å². The first-order chi connectivity index (χ1) is 15.1. The zero-order valence-corrected chi connectivity index (χ0v) is 19.1. The molecule has 3 heterocycles. The van der Waals surface area contributed by atoms with Crippen molar-refractivity contribution in [2.75, 3.05) is 18.9 Å². The molecule has 2 aromatic heterocycles. The molecular formula is C23H25N3O3S2. The third-order valence-corrected chi connectivity index (χ3v) is 7.06. The Labute approximate surface area is 189 Å². The van der Waals surface area contributed by atoms with E-state index in [1.165, 1.54) is 28.7 Å². The molecule has 0 radical (unpaired) electrons. The standard InChI is InChI=1S/C23H25N3O3S2/c1-3-10-26-22(28)20-18(16-8-6-15(2)7-9-16)13-30-21(20)25-23(26)31-14-19(27)24-12-17-5-4-11-29-17/h3,6-9,13,17H,1,4-5,10-12,14H2,2H3,(H,24,27)/t17-/m1/s1. The van der Waals surface area contributed by atoms with E-state index in [0.717, 1.165) is 30.6 Å². The molecule has 1 fully saturated rings. The molecule has 1 aliphatic heterocycles. The number of aromatic nitrogens is 2. The van der Waals surface area contributed by atoms with Gasteiger partial charge in [-0.3, -0.25) is 14.2 Å². The van der Waals surface area contributed by atoms with Gasteiger partial charge in [-0.1, -0.05) is 47.7 Å². The largest absolute Gasteiger partial charge is 0.376 e. The molecule has 0 saturated carbocycles. The summed E-state index contributed by atoms with van der Waals surface area (Å²) in [5, 5.41) is 6.03. The average Bonchev–Trinajstić information content (AvgIpc) is 3.44. The van der Waals surface area contributed by atoms with E-state index in [1.807, 2.05) is 36.6 Å². The van der Waals surface area contributed by atoms with Gasteiger partial charge in [0, 0.05) is 30.6 Å². The van der Waals surface area contributed by atoms with Gasteiger partial charge in [-0.2, -0.15) is 0 Å². The van der Waals surface area contributed by atoms with E-state index in [9.17, 15) is 9.59 Å². The molecule has 162 valence electrons. The molecule has 8 heteroatoms. The maximum absolute atomic E-state index is 13.4. The number of fused-ring (bicyclic) bond motifs is 1. The molecule has 0 aliphatic carbocycles. The Hall–Kier alpha value is -2.42. The second-order valence-corrected chi connectivity index (χ2v) is 9.32. The van der Waals surface area contributed by atoms with Crippen LogP contribution in [0.15, 0.2) is 52.3 Å². The van der Waals surface area contributed by atoms with Crippen LogP contribution in [0.3, 0.4) is 0 Å². The van der Waals surface area contributed by atoms with Crippen LogP contribution < -0.4 is 10.9 Å². The molecule has 6 nitrogen and oxygen atoms in total. The summed E-state index contributed by atoms with van der Waals surface area (Å²) >= 11 is 2.72. The SMILES string of the molecule is C=CCn1c(SCC(=O)NC[C@H]2CCCO2)nc2scc(-c3ccc(C)cc3)c2c1=O. The van der Waals surface area contributed by atoms with Crippen LogP contribution in [0.2, 0.25) is 0 Å². The number of nitrogens with zero attached hydrogens (tertiary/aromatic N) is 2. The first kappa shape index (κ1) is 21.8. The van der Waals surface area contributed by atoms with Gasteiger partial charge in [0.05, 0.1) is 17.2 Å². The normalized spacial score (nSPS) is 16.0. The number of carbonyl (C=O) groups excluding carboxylic acids is 1. The number of thioether (sulfide) groups is 1. The summed E-state index contributed by atoms with van der Waals surface area (Å²) in [5.41, 5.74) is 2.95. The average molecular weight is 456 g/mol. The number of thiophene rings is 1. The highest BCUT2D eigenvalue weighted by atomic mass is 32.2. The number of allylic oxidation sites excluding steroid dienone is 1. The third-order valence-electron chi connectivity index (χ3n) is 5.22. The lowest BCUT2D eigenvalue weighted by Crippen LogP contribution is -2.33. The highest BCUT2D eigenvalue weighted by molar-refractivity contribution is 7.99. The predicted octanol–water partition coefficient (Wildman–Crippen LogP) is 4.01. The Morgan fingerprint density at radius 3 is 2.94 bits per heavy atom. The van der Waals surface area contributed by atoms with Gasteiger partial charge in [-0.15, -0.1) is 17.9 Å². The van der Waals surface area contributed by atoms with E-state index in [2.05, 4.69) is 11.9 Å². The number of carbonyl (C=O) groups is 1. The lowest BCUT2D eigenvalue weighted by Gasteiger charge is -2.12. The number of ether oxygens (including phenoxy) is 1. The molecule has 4 rings (SSSR count). The minimum absolute atomic E-state index is 0.0912. The number of nitrogens with one attached hydrogen (secondary N) is 1. The first-order valence-corrected chi connectivity index (χ1v) is 12.1. The van der Waals surface area contributed by atoms with Crippen LogP contribution in [0.1, 0.15) is 18.4 Å². The van der Waals surface area contributed by atoms with E-state index in [0.29, 0.717) is 28.5 Å². The molecule has 1 atom stereocenters. The highest BCUT2D eigenvalue weighted by Gasteiger charge is 2.19. The Bertz CT molecular complexity index is 1150. The van der Waals surface area contributed by atoms with Gasteiger partial charge in [0.25, 0.3) is 5.56 Å². The monoisotopic (exact) mass is 455 g/mol. The zero-order chi connectivity index (χ0) is 21.8. The molecule has 0 unspecified atom stereocenters. The van der Waals surface area contributed by atoms with E-state index < -0.39 is 0 Å². The van der Waals surface area contributed by atoms with Gasteiger partial charge in [0.1, 0.15) is 4.83 Å². The van der Waals surface area contributed by atoms with Crippen LogP contribution in [0, 0.1) is 6.92 Å². The number of benzene rings is 1. The van der Waals surface area contributed by atoms with Gasteiger partial charge >= 0.3 is 0 Å². The van der Waals surface area contributed by atoms with E-state index >= 15 is 0 Å². The Balaban J connectivity index is 1.57. The smallest absolute Gasteiger partial charge is 0.263 e. The summed E-state index contributed by atoms with van der Waals surface area (Å²) in [6, 6.07) is 8.12. The van der Waals surface area contributed by atoms with Crippen molar-refractivity contribution in [2.45, 2.75) is 37.6 Å². The highest BCUT2D eigenvalue weighted by Crippen LogP contribution is 2.32. The summed E-state index contributed by atoms with van der Waals surface area (Å²) in [5.74, 6) is 0.101. The number of hydrogen-bond acceptors (Lipinski definition) is 6. The molecule has 1 aliphatic rings. The lowest BCUT2D eigenvalue weighted by molar-refractivity contribution is -0.119. The van der Waals surface area contributed by atoms with E-state index in [1.54, 1.807) is 10.6 Å². The quantitative estimate of drug-likeness (QED) is 0.316. The topological polar surface area (TPSA) is 73.2 Å². The molecule has 1 N–H and O–H groups in total. The molecular weight excluding hydrogens is 430 g/mol. The van der Waals surface area contributed by atoms with Gasteiger partial charge < -0.3 is 10.1 Å². The third kappa shape index (κ3) is 4.92. The van der Waals surface area contributed by atoms with Gasteiger partial charge in [0.2, 0.25) is 5.91 Å². The van der Waals surface area contributed by atoms with Crippen LogP contribution >= 0.6 is 23.1 Å². The van der Waals surface area contributed by atoms with Gasteiger partial charge in [0.15, 0.2) is 5.16 Å². The summed E-state index contributed by atoms with van der Waals surface area (Å²) in [4.78, 5) is 31.0. The number of amides is 1. The van der Waals surface area contributed by atoms with Crippen LogP contribution in [0.5, 0.6) is 0 Å². The maximum Gasteiger partial charge on any atom is 0.263 e. The summed E-state index contributed by atoms with van der Waals surface area (Å²) in [6.07, 6.45) is 3.80. The summed E-state index contributed by atoms with van der Waals surface area (Å²) in [7, 11) is 0. The van der Waals surface area contributed by atoms with Crippen LogP contribution in [0.4, 0.5) is 0 Å². The molecule has 3 aromatic rings. The second kappa shape index (κ2) is 9.80. The van der Waals surface area contributed by atoms with Crippen molar-refractivity contribution in [3.8, 4) is 11.1 Å². The minimum Gasteiger partial charge on any atom is -0.376 e. The van der Waals surface area contributed by atoms with E-state index in [-0.39, 0.29) is 23.3 Å². The first-order valence-electron chi connectivity index (χ1n) is 10.3. The molecule has 1 saturated heterocycles. The van der Waals surface area contributed by atoms with Crippen molar-refractivity contribution < 1.29 is 9.53 Å². The Morgan fingerprint density at radius 2 is 2.23 bits per heavy atom. The van der Waals surface area contributed by atoms with Crippen LogP contribution in [0.25, 0.3) is 21.3 Å². The van der Waals surface area contributed by atoms with Gasteiger partial charge in [-0.05, 0) is 25.3 Å². The van der Waals surface area contributed by atoms with Crippen LogP contribution in [-0.2, 0) is 16.1 Å². The molecule has 0 spiro atoms. The minimum atomic E-state index is -0.107. The lowest BCUT2D eigenvalue weighted by atomic mass is 10.1. The van der Waals surface area contributed by atoms with Crippen molar-refractivity contribution in [3.05, 3.63) is 58.2 Å². The zero-order valence-electron chi connectivity index (χ0n) is 17.4. The second-order valence-electron chi connectivity index (χ2n) is 7.52. The van der Waals surface area contributed by atoms with E-state index in [4.69, 9.17) is 9.72 Å². The number of hydrogen-bond donors (Lipinski definition) is 1. The predicted molar refractivity (Wildman–Crippen MR) is 127 cm³/mol. The fourth-order valence-corrected chi connectivity index (χ4v) is 5.39. The van der Waals surface area contributed by atoms with Gasteiger partial charge in [-0.25, -0.2) is 4.98 Å². The Morgan fingerprint density at radius 1 is 1.42 bits per heavy atom. The Kier molecular flexibility index (Phi) is 6.89. The summed E-state index contributed by atoms with van der Waals surface area (Å²) < 4.78 is 7.13. The van der Waals surface area contributed by atoms with Crippen LogP contribution in [-0.4, -0.2) is 40.5 Å². The summed E-state index contributed by atoms with van der Waals surface area (Å²) in [6.45, 7) is 7.44. The fourth-order valence-electron chi connectivity index (χ4n) is 3.57. The molecule has 1 amide bonds. The molecule has 0 bridgehead atoms. The maximum atomic E-state index is 13.4. The number of rotatable bonds is 8. The molecule has 31 heavy (non-hydrogen) atoms. The number of aryl methyl sites for hydroxylation is 1. The van der Waals surface area contributed by atoms with Crippen molar-refractivity contribution >= 4 is 39.2 Å².